The number of carbonyl (C=O) groups excluding carboxylic acids is 1. The maximum Gasteiger partial charge on any atom is 0.274 e. The minimum atomic E-state index is -0.0143. The molecule has 0 N–H and O–H groups in total. The van der Waals surface area contributed by atoms with Crippen LogP contribution in [0.3, 0.4) is 0 Å². The number of thiophene rings is 1. The maximum absolute atomic E-state index is 12.5. The van der Waals surface area contributed by atoms with E-state index in [1.165, 1.54) is 6.33 Å². The van der Waals surface area contributed by atoms with E-state index in [1.807, 2.05) is 27.8 Å². The van der Waals surface area contributed by atoms with Crippen molar-refractivity contribution in [1.82, 2.24) is 24.7 Å². The van der Waals surface area contributed by atoms with Crippen molar-refractivity contribution in [3.63, 3.8) is 0 Å². The molecule has 1 saturated heterocycles. The van der Waals surface area contributed by atoms with Gasteiger partial charge in [0.25, 0.3) is 5.91 Å². The van der Waals surface area contributed by atoms with Crippen molar-refractivity contribution in [3.05, 3.63) is 34.9 Å². The quantitative estimate of drug-likeness (QED) is 0.727. The molecule has 21 heavy (non-hydrogen) atoms. The standard InChI is InChI=1S/C14H13N5OS/c20-14(18-4-1-2-5-18)12-7-11(10-3-6-21-8-10)13-16-15-9-19(13)17-12/h3,6-9H,1-2,4-5H2. The van der Waals surface area contributed by atoms with E-state index in [1.54, 1.807) is 15.9 Å². The van der Waals surface area contributed by atoms with Gasteiger partial charge in [-0.15, -0.1) is 10.2 Å². The summed E-state index contributed by atoms with van der Waals surface area (Å²) in [6.45, 7) is 1.63. The molecule has 4 heterocycles. The van der Waals surface area contributed by atoms with Crippen molar-refractivity contribution in [3.8, 4) is 11.1 Å². The van der Waals surface area contributed by atoms with Gasteiger partial charge in [-0.1, -0.05) is 0 Å². The van der Waals surface area contributed by atoms with Crippen LogP contribution in [0.4, 0.5) is 0 Å². The van der Waals surface area contributed by atoms with E-state index >= 15 is 0 Å². The summed E-state index contributed by atoms with van der Waals surface area (Å²) in [5.41, 5.74) is 3.05. The van der Waals surface area contributed by atoms with Gasteiger partial charge in [0.05, 0.1) is 0 Å². The highest BCUT2D eigenvalue weighted by atomic mass is 32.1. The number of nitrogens with zero attached hydrogens (tertiary/aromatic N) is 5. The predicted octanol–water partition coefficient (Wildman–Crippen LogP) is 2.09. The topological polar surface area (TPSA) is 63.4 Å². The third-order valence-corrected chi connectivity index (χ3v) is 4.40. The zero-order valence-corrected chi connectivity index (χ0v) is 12.1. The van der Waals surface area contributed by atoms with E-state index < -0.39 is 0 Å². The lowest BCUT2D eigenvalue weighted by Crippen LogP contribution is -2.28. The summed E-state index contributed by atoms with van der Waals surface area (Å²) >= 11 is 1.61. The average molecular weight is 299 g/mol. The van der Waals surface area contributed by atoms with Crippen molar-refractivity contribution < 1.29 is 4.79 Å². The molecule has 3 aromatic rings. The van der Waals surface area contributed by atoms with Gasteiger partial charge in [0.15, 0.2) is 5.65 Å². The Bertz CT molecular complexity index is 789. The highest BCUT2D eigenvalue weighted by Crippen LogP contribution is 2.26. The second-order valence-corrected chi connectivity index (χ2v) is 5.83. The molecule has 4 rings (SSSR count). The van der Waals surface area contributed by atoms with Crippen LogP contribution in [0, 0.1) is 0 Å². The van der Waals surface area contributed by atoms with E-state index in [4.69, 9.17) is 0 Å². The summed E-state index contributed by atoms with van der Waals surface area (Å²) in [6.07, 6.45) is 3.67. The molecule has 0 bridgehead atoms. The second kappa shape index (κ2) is 4.92. The maximum atomic E-state index is 12.5. The number of aromatic nitrogens is 4. The van der Waals surface area contributed by atoms with E-state index in [2.05, 4.69) is 15.3 Å². The minimum absolute atomic E-state index is 0.0143. The Morgan fingerprint density at radius 1 is 1.29 bits per heavy atom. The summed E-state index contributed by atoms with van der Waals surface area (Å²) in [6, 6.07) is 3.84. The number of hydrogen-bond acceptors (Lipinski definition) is 5. The zero-order chi connectivity index (χ0) is 14.2. The molecule has 7 heteroatoms. The third kappa shape index (κ3) is 2.09. The molecule has 6 nitrogen and oxygen atoms in total. The Balaban J connectivity index is 1.85. The Hall–Kier alpha value is -2.28. The molecular formula is C14H13N5OS. The molecule has 1 aliphatic heterocycles. The van der Waals surface area contributed by atoms with Gasteiger partial charge < -0.3 is 4.90 Å². The number of amides is 1. The van der Waals surface area contributed by atoms with Gasteiger partial charge in [0.1, 0.15) is 12.0 Å². The fraction of sp³-hybridized carbons (Fsp3) is 0.286. The Morgan fingerprint density at radius 3 is 2.90 bits per heavy atom. The monoisotopic (exact) mass is 299 g/mol. The second-order valence-electron chi connectivity index (χ2n) is 5.05. The Morgan fingerprint density at radius 2 is 2.14 bits per heavy atom. The van der Waals surface area contributed by atoms with Crippen LogP contribution < -0.4 is 0 Å². The fourth-order valence-corrected chi connectivity index (χ4v) is 3.30. The molecular weight excluding hydrogens is 286 g/mol. The van der Waals surface area contributed by atoms with Gasteiger partial charge in [-0.05, 0) is 41.3 Å². The number of hydrogen-bond donors (Lipinski definition) is 0. The molecule has 0 radical (unpaired) electrons. The molecule has 106 valence electrons. The smallest absolute Gasteiger partial charge is 0.274 e. The molecule has 1 amide bonds. The van der Waals surface area contributed by atoms with E-state index in [0.29, 0.717) is 11.3 Å². The van der Waals surface area contributed by atoms with Gasteiger partial charge in [0, 0.05) is 18.7 Å². The normalized spacial score (nSPS) is 15.0. The lowest BCUT2D eigenvalue weighted by molar-refractivity contribution is 0.0785. The summed E-state index contributed by atoms with van der Waals surface area (Å²) < 4.78 is 1.58. The molecule has 0 unspecified atom stereocenters. The van der Waals surface area contributed by atoms with Gasteiger partial charge in [-0.25, -0.2) is 0 Å². The first-order chi connectivity index (χ1) is 10.3. The van der Waals surface area contributed by atoms with Gasteiger partial charge in [-0.2, -0.15) is 21.0 Å². The van der Waals surface area contributed by atoms with Gasteiger partial charge >= 0.3 is 0 Å². The minimum Gasteiger partial charge on any atom is -0.337 e. The molecule has 1 fully saturated rings. The predicted molar refractivity (Wildman–Crippen MR) is 79.2 cm³/mol. The summed E-state index contributed by atoms with van der Waals surface area (Å²) in [7, 11) is 0. The first-order valence-corrected chi connectivity index (χ1v) is 7.80. The van der Waals surface area contributed by atoms with Crippen molar-refractivity contribution in [2.24, 2.45) is 0 Å². The van der Waals surface area contributed by atoms with Crippen LogP contribution in [0.5, 0.6) is 0 Å². The van der Waals surface area contributed by atoms with Gasteiger partial charge in [0.2, 0.25) is 0 Å². The lowest BCUT2D eigenvalue weighted by Gasteiger charge is -2.15. The van der Waals surface area contributed by atoms with Crippen molar-refractivity contribution in [2.75, 3.05) is 13.1 Å². The Labute approximate surface area is 125 Å². The van der Waals surface area contributed by atoms with Crippen LogP contribution in [0.25, 0.3) is 16.8 Å². The molecule has 0 aromatic carbocycles. The third-order valence-electron chi connectivity index (χ3n) is 3.71. The zero-order valence-electron chi connectivity index (χ0n) is 11.3. The van der Waals surface area contributed by atoms with Crippen molar-refractivity contribution in [1.29, 1.82) is 0 Å². The summed E-state index contributed by atoms with van der Waals surface area (Å²) in [5.74, 6) is -0.0143. The molecule has 1 aliphatic rings. The first-order valence-electron chi connectivity index (χ1n) is 6.86. The van der Waals surface area contributed by atoms with E-state index in [9.17, 15) is 4.79 Å². The number of fused-ring (bicyclic) bond motifs is 1. The lowest BCUT2D eigenvalue weighted by atomic mass is 10.1. The van der Waals surface area contributed by atoms with E-state index in [-0.39, 0.29) is 5.91 Å². The first kappa shape index (κ1) is 12.5. The highest BCUT2D eigenvalue weighted by molar-refractivity contribution is 7.08. The van der Waals surface area contributed by atoms with Crippen LogP contribution in [0.15, 0.2) is 29.2 Å². The average Bonchev–Trinajstić information content (AvgIpc) is 3.25. The van der Waals surface area contributed by atoms with Crippen LogP contribution in [-0.2, 0) is 0 Å². The van der Waals surface area contributed by atoms with Crippen LogP contribution in [0.2, 0.25) is 0 Å². The SMILES string of the molecule is O=C(c1cc(-c2ccsc2)c2nncn2n1)N1CCCC1. The molecule has 0 saturated carbocycles. The molecule has 0 atom stereocenters. The van der Waals surface area contributed by atoms with Gasteiger partial charge in [-0.3, -0.25) is 4.79 Å². The van der Waals surface area contributed by atoms with Crippen molar-refractivity contribution >= 4 is 22.9 Å². The van der Waals surface area contributed by atoms with Crippen LogP contribution >= 0.6 is 11.3 Å². The number of carbonyl (C=O) groups is 1. The van der Waals surface area contributed by atoms with Crippen LogP contribution in [0.1, 0.15) is 23.3 Å². The van der Waals surface area contributed by atoms with E-state index in [0.717, 1.165) is 37.1 Å². The Kier molecular flexibility index (Phi) is 2.92. The van der Waals surface area contributed by atoms with Crippen molar-refractivity contribution in [2.45, 2.75) is 12.8 Å². The van der Waals surface area contributed by atoms with Crippen LogP contribution in [-0.4, -0.2) is 43.7 Å². The largest absolute Gasteiger partial charge is 0.337 e. The summed E-state index contributed by atoms with van der Waals surface area (Å²) in [5, 5.41) is 16.4. The number of likely N-dealkylation sites (tertiary alicyclic amines) is 1. The number of rotatable bonds is 2. The molecule has 3 aromatic heterocycles. The highest BCUT2D eigenvalue weighted by Gasteiger charge is 2.22. The fourth-order valence-electron chi connectivity index (χ4n) is 2.64. The molecule has 0 spiro atoms. The molecule has 0 aliphatic carbocycles. The summed E-state index contributed by atoms with van der Waals surface area (Å²) in [4.78, 5) is 14.4.